The standard InChI is InChI=1S/C21H33N5O2/c1-14-24-19-7-9-26(8-6-17(19)21(28)25(14)2)20(27)5-3-4-18-16-10-15(12-23-18)11-22-13-16/h15-16,18,22-23H,3-13H2,1-2H3/t15-,16+,18-/m0/s1. The van der Waals surface area contributed by atoms with Gasteiger partial charge in [0.2, 0.25) is 5.91 Å². The van der Waals surface area contributed by atoms with Crippen LogP contribution in [0.3, 0.4) is 0 Å². The maximum atomic E-state index is 12.8. The Kier molecular flexibility index (Phi) is 5.83. The molecule has 2 N–H and O–H groups in total. The summed E-state index contributed by atoms with van der Waals surface area (Å²) in [5, 5.41) is 7.25. The van der Waals surface area contributed by atoms with Crippen molar-refractivity contribution in [2.75, 3.05) is 32.7 Å². The van der Waals surface area contributed by atoms with Gasteiger partial charge in [0.15, 0.2) is 0 Å². The van der Waals surface area contributed by atoms with E-state index in [1.807, 2.05) is 11.8 Å². The van der Waals surface area contributed by atoms with E-state index in [2.05, 4.69) is 15.6 Å². The van der Waals surface area contributed by atoms with Gasteiger partial charge < -0.3 is 15.5 Å². The lowest BCUT2D eigenvalue weighted by Crippen LogP contribution is -2.54. The van der Waals surface area contributed by atoms with Crippen molar-refractivity contribution in [2.24, 2.45) is 18.9 Å². The first-order valence-corrected chi connectivity index (χ1v) is 10.8. The minimum Gasteiger partial charge on any atom is -0.342 e. The zero-order valence-corrected chi connectivity index (χ0v) is 17.2. The van der Waals surface area contributed by atoms with Gasteiger partial charge in [-0.25, -0.2) is 4.98 Å². The van der Waals surface area contributed by atoms with Crippen LogP contribution in [0.15, 0.2) is 4.79 Å². The Morgan fingerprint density at radius 1 is 1.21 bits per heavy atom. The highest BCUT2D eigenvalue weighted by atomic mass is 16.2. The summed E-state index contributed by atoms with van der Waals surface area (Å²) >= 11 is 0. The Labute approximate surface area is 166 Å². The van der Waals surface area contributed by atoms with Gasteiger partial charge in [-0.05, 0) is 64.1 Å². The van der Waals surface area contributed by atoms with Crippen molar-refractivity contribution in [1.82, 2.24) is 25.1 Å². The molecule has 0 unspecified atom stereocenters. The molecule has 2 bridgehead atoms. The molecule has 4 heterocycles. The van der Waals surface area contributed by atoms with E-state index < -0.39 is 0 Å². The Morgan fingerprint density at radius 2 is 2.04 bits per heavy atom. The van der Waals surface area contributed by atoms with Crippen LogP contribution >= 0.6 is 0 Å². The van der Waals surface area contributed by atoms with E-state index in [0.29, 0.717) is 44.3 Å². The largest absolute Gasteiger partial charge is 0.342 e. The van der Waals surface area contributed by atoms with E-state index in [-0.39, 0.29) is 11.5 Å². The average molecular weight is 388 g/mol. The highest BCUT2D eigenvalue weighted by Crippen LogP contribution is 2.26. The van der Waals surface area contributed by atoms with Crippen molar-refractivity contribution < 1.29 is 4.79 Å². The minimum absolute atomic E-state index is 0.0413. The summed E-state index contributed by atoms with van der Waals surface area (Å²) in [6.45, 7) is 6.51. The first-order valence-electron chi connectivity index (χ1n) is 10.8. The number of nitrogens with one attached hydrogen (secondary N) is 2. The van der Waals surface area contributed by atoms with Crippen LogP contribution < -0.4 is 16.2 Å². The number of aromatic nitrogens is 2. The topological polar surface area (TPSA) is 79.3 Å². The summed E-state index contributed by atoms with van der Waals surface area (Å²) < 4.78 is 1.61. The third-order valence-corrected chi connectivity index (χ3v) is 6.92. The second-order valence-electron chi connectivity index (χ2n) is 8.76. The van der Waals surface area contributed by atoms with Crippen molar-refractivity contribution in [3.8, 4) is 0 Å². The molecule has 7 nitrogen and oxygen atoms in total. The molecule has 1 aromatic heterocycles. The number of piperidine rings is 2. The number of rotatable bonds is 4. The van der Waals surface area contributed by atoms with Crippen molar-refractivity contribution in [3.63, 3.8) is 0 Å². The van der Waals surface area contributed by atoms with Crippen molar-refractivity contribution >= 4 is 5.91 Å². The number of fused-ring (bicyclic) bond motifs is 3. The van der Waals surface area contributed by atoms with Crippen molar-refractivity contribution in [2.45, 2.75) is 51.5 Å². The fraction of sp³-hybridized carbons (Fsp3) is 0.762. The molecule has 1 amide bonds. The van der Waals surface area contributed by atoms with Gasteiger partial charge in [-0.3, -0.25) is 14.2 Å². The smallest absolute Gasteiger partial charge is 0.256 e. The zero-order valence-electron chi connectivity index (χ0n) is 17.2. The van der Waals surface area contributed by atoms with Crippen LogP contribution in [0.4, 0.5) is 0 Å². The molecule has 3 aliphatic heterocycles. The van der Waals surface area contributed by atoms with Crippen LogP contribution in [-0.2, 0) is 24.7 Å². The molecule has 2 saturated heterocycles. The Bertz CT molecular complexity index is 790. The maximum absolute atomic E-state index is 12.8. The molecular weight excluding hydrogens is 354 g/mol. The van der Waals surface area contributed by atoms with Gasteiger partial charge in [-0.2, -0.15) is 0 Å². The van der Waals surface area contributed by atoms with E-state index in [9.17, 15) is 9.59 Å². The van der Waals surface area contributed by atoms with Crippen LogP contribution in [0.2, 0.25) is 0 Å². The fourth-order valence-electron chi connectivity index (χ4n) is 5.10. The van der Waals surface area contributed by atoms with Gasteiger partial charge in [0, 0.05) is 44.6 Å². The Morgan fingerprint density at radius 3 is 2.89 bits per heavy atom. The second kappa shape index (κ2) is 8.33. The predicted octanol–water partition coefficient (Wildman–Crippen LogP) is 0.384. The molecule has 28 heavy (non-hydrogen) atoms. The first-order chi connectivity index (χ1) is 13.5. The van der Waals surface area contributed by atoms with E-state index >= 15 is 0 Å². The van der Waals surface area contributed by atoms with E-state index in [1.165, 1.54) is 6.42 Å². The highest BCUT2D eigenvalue weighted by molar-refractivity contribution is 5.76. The quantitative estimate of drug-likeness (QED) is 0.781. The number of carbonyl (C=O) groups is 1. The lowest BCUT2D eigenvalue weighted by atomic mass is 9.80. The SMILES string of the molecule is Cc1nc2c(c(=O)n1C)CCN(C(=O)CCC[C@@H]1NC[C@@H]3CNC[C@H]1C3)CC2. The monoisotopic (exact) mass is 387 g/mol. The number of nitrogens with zero attached hydrogens (tertiary/aromatic N) is 3. The maximum Gasteiger partial charge on any atom is 0.256 e. The second-order valence-corrected chi connectivity index (χ2v) is 8.76. The summed E-state index contributed by atoms with van der Waals surface area (Å²) in [4.78, 5) is 31.8. The van der Waals surface area contributed by atoms with E-state index in [1.54, 1.807) is 11.6 Å². The van der Waals surface area contributed by atoms with Crippen LogP contribution in [0.5, 0.6) is 0 Å². The molecule has 0 aromatic carbocycles. The van der Waals surface area contributed by atoms with Gasteiger partial charge in [0.25, 0.3) is 5.56 Å². The molecule has 154 valence electrons. The van der Waals surface area contributed by atoms with Crippen LogP contribution in [0.1, 0.15) is 42.8 Å². The molecule has 1 aromatic rings. The van der Waals surface area contributed by atoms with Gasteiger partial charge in [0.05, 0.1) is 5.69 Å². The summed E-state index contributed by atoms with van der Waals surface area (Å²) in [5.74, 6) is 2.45. The summed E-state index contributed by atoms with van der Waals surface area (Å²) in [6, 6.07) is 0.542. The summed E-state index contributed by atoms with van der Waals surface area (Å²) in [7, 11) is 1.77. The average Bonchev–Trinajstić information content (AvgIpc) is 2.91. The van der Waals surface area contributed by atoms with Crippen LogP contribution in [0.25, 0.3) is 0 Å². The van der Waals surface area contributed by atoms with Gasteiger partial charge in [-0.15, -0.1) is 0 Å². The summed E-state index contributed by atoms with van der Waals surface area (Å²) in [5.41, 5.74) is 1.70. The minimum atomic E-state index is 0.0413. The molecular formula is C21H33N5O2. The van der Waals surface area contributed by atoms with Crippen LogP contribution in [0, 0.1) is 18.8 Å². The van der Waals surface area contributed by atoms with Crippen molar-refractivity contribution in [1.29, 1.82) is 0 Å². The molecule has 0 saturated carbocycles. The van der Waals surface area contributed by atoms with Crippen LogP contribution in [-0.4, -0.2) is 59.1 Å². The molecule has 3 aliphatic rings. The van der Waals surface area contributed by atoms with Gasteiger partial charge >= 0.3 is 0 Å². The number of carbonyl (C=O) groups excluding carboxylic acids is 1. The fourth-order valence-corrected chi connectivity index (χ4v) is 5.10. The lowest BCUT2D eigenvalue weighted by molar-refractivity contribution is -0.131. The zero-order chi connectivity index (χ0) is 19.7. The third-order valence-electron chi connectivity index (χ3n) is 6.92. The number of hydrogen-bond donors (Lipinski definition) is 2. The highest BCUT2D eigenvalue weighted by Gasteiger charge is 2.32. The first kappa shape index (κ1) is 19.6. The van der Waals surface area contributed by atoms with E-state index in [0.717, 1.165) is 55.5 Å². The number of aryl methyl sites for hydroxylation is 1. The summed E-state index contributed by atoms with van der Waals surface area (Å²) in [6.07, 6.45) is 5.21. The molecule has 4 rings (SSSR count). The van der Waals surface area contributed by atoms with Crippen molar-refractivity contribution in [3.05, 3.63) is 27.4 Å². The van der Waals surface area contributed by atoms with Gasteiger partial charge in [-0.1, -0.05) is 0 Å². The Hall–Kier alpha value is -1.73. The lowest BCUT2D eigenvalue weighted by Gasteiger charge is -2.41. The molecule has 2 fully saturated rings. The molecule has 0 radical (unpaired) electrons. The predicted molar refractivity (Wildman–Crippen MR) is 108 cm³/mol. The molecule has 0 aliphatic carbocycles. The van der Waals surface area contributed by atoms with E-state index in [4.69, 9.17) is 0 Å². The number of hydrogen-bond acceptors (Lipinski definition) is 5. The van der Waals surface area contributed by atoms with Gasteiger partial charge in [0.1, 0.15) is 5.82 Å². The molecule has 0 spiro atoms. The molecule has 7 heteroatoms. The molecule has 3 atom stereocenters. The Balaban J connectivity index is 1.29. The normalized spacial score (nSPS) is 27.2. The number of amides is 1. The third kappa shape index (κ3) is 4.01.